The normalized spacial score (nSPS) is 35.4. The summed E-state index contributed by atoms with van der Waals surface area (Å²) in [5.41, 5.74) is -0.408. The van der Waals surface area contributed by atoms with Gasteiger partial charge >= 0.3 is 6.09 Å². The van der Waals surface area contributed by atoms with Crippen LogP contribution in [0.2, 0.25) is 0 Å². The first-order valence-electron chi connectivity index (χ1n) is 7.56. The van der Waals surface area contributed by atoms with Gasteiger partial charge in [0.05, 0.1) is 0 Å². The molecule has 19 heavy (non-hydrogen) atoms. The maximum Gasteiger partial charge on any atom is 0.407 e. The zero-order chi connectivity index (χ0) is 14.0. The van der Waals surface area contributed by atoms with Crippen LogP contribution in [0.15, 0.2) is 0 Å². The molecular formula is C15H28N2O2. The molecule has 0 spiro atoms. The minimum Gasteiger partial charge on any atom is -0.444 e. The van der Waals surface area contributed by atoms with E-state index in [0.717, 1.165) is 31.2 Å². The first-order chi connectivity index (χ1) is 8.83. The third-order valence-electron chi connectivity index (χ3n) is 4.16. The van der Waals surface area contributed by atoms with Crippen LogP contribution in [-0.4, -0.2) is 30.3 Å². The van der Waals surface area contributed by atoms with Crippen LogP contribution in [0.3, 0.4) is 0 Å². The molecule has 1 heterocycles. The van der Waals surface area contributed by atoms with E-state index >= 15 is 0 Å². The highest BCUT2D eigenvalue weighted by molar-refractivity contribution is 5.68. The van der Waals surface area contributed by atoms with Crippen molar-refractivity contribution < 1.29 is 9.53 Å². The maximum absolute atomic E-state index is 11.6. The van der Waals surface area contributed by atoms with Crippen LogP contribution in [0.25, 0.3) is 0 Å². The van der Waals surface area contributed by atoms with Gasteiger partial charge in [0.2, 0.25) is 0 Å². The summed E-state index contributed by atoms with van der Waals surface area (Å²) in [4.78, 5) is 11.6. The van der Waals surface area contributed by atoms with Gasteiger partial charge in [0, 0.05) is 12.1 Å². The van der Waals surface area contributed by atoms with E-state index in [2.05, 4.69) is 17.6 Å². The smallest absolute Gasteiger partial charge is 0.407 e. The lowest BCUT2D eigenvalue weighted by Gasteiger charge is -2.43. The summed E-state index contributed by atoms with van der Waals surface area (Å²) in [6, 6.07) is 0.967. The van der Waals surface area contributed by atoms with Gasteiger partial charge in [-0.3, -0.25) is 0 Å². The van der Waals surface area contributed by atoms with Crippen LogP contribution in [0.4, 0.5) is 4.79 Å². The Kier molecular flexibility index (Phi) is 4.39. The minimum absolute atomic E-state index is 0.277. The summed E-state index contributed by atoms with van der Waals surface area (Å²) in [6.07, 6.45) is 4.51. The Labute approximate surface area is 116 Å². The average molecular weight is 268 g/mol. The Morgan fingerprint density at radius 3 is 2.47 bits per heavy atom. The van der Waals surface area contributed by atoms with E-state index < -0.39 is 5.60 Å². The molecule has 2 unspecified atom stereocenters. The van der Waals surface area contributed by atoms with Crippen LogP contribution in [0, 0.1) is 11.8 Å². The van der Waals surface area contributed by atoms with Crippen molar-refractivity contribution >= 4 is 6.09 Å². The Bertz CT molecular complexity index is 311. The summed E-state index contributed by atoms with van der Waals surface area (Å²) in [5, 5.41) is 6.60. The van der Waals surface area contributed by atoms with Crippen molar-refractivity contribution in [2.45, 2.75) is 71.1 Å². The quantitative estimate of drug-likeness (QED) is 0.809. The molecule has 2 fully saturated rings. The molecule has 4 heteroatoms. The first-order valence-corrected chi connectivity index (χ1v) is 7.56. The van der Waals surface area contributed by atoms with Gasteiger partial charge < -0.3 is 15.4 Å². The SMILES string of the molecule is CC1CCC(C2CC(NC(=O)OC(C)(C)C)C2)NC1. The zero-order valence-electron chi connectivity index (χ0n) is 12.7. The largest absolute Gasteiger partial charge is 0.444 e. The van der Waals surface area contributed by atoms with Gasteiger partial charge in [0.15, 0.2) is 0 Å². The fourth-order valence-corrected chi connectivity index (χ4v) is 3.01. The summed E-state index contributed by atoms with van der Waals surface area (Å²) < 4.78 is 5.27. The molecule has 0 radical (unpaired) electrons. The molecule has 2 aliphatic rings. The van der Waals surface area contributed by atoms with Crippen molar-refractivity contribution in [1.82, 2.24) is 10.6 Å². The number of carbonyl (C=O) groups is 1. The van der Waals surface area contributed by atoms with Crippen LogP contribution >= 0.6 is 0 Å². The number of hydrogen-bond donors (Lipinski definition) is 2. The summed E-state index contributed by atoms with van der Waals surface area (Å²) in [5.74, 6) is 1.54. The molecule has 1 saturated carbocycles. The third kappa shape index (κ3) is 4.37. The number of ether oxygens (including phenoxy) is 1. The highest BCUT2D eigenvalue weighted by Gasteiger charge is 2.37. The number of carbonyl (C=O) groups excluding carboxylic acids is 1. The number of rotatable bonds is 2. The van der Waals surface area contributed by atoms with Gasteiger partial charge in [0.25, 0.3) is 0 Å². The highest BCUT2D eigenvalue weighted by atomic mass is 16.6. The van der Waals surface area contributed by atoms with E-state index in [0.29, 0.717) is 12.1 Å². The van der Waals surface area contributed by atoms with Gasteiger partial charge in [-0.05, 0) is 64.8 Å². The molecule has 1 aliphatic heterocycles. The van der Waals surface area contributed by atoms with Crippen molar-refractivity contribution in [3.05, 3.63) is 0 Å². The number of amides is 1. The maximum atomic E-state index is 11.6. The Morgan fingerprint density at radius 1 is 1.26 bits per heavy atom. The van der Waals surface area contributed by atoms with Crippen molar-refractivity contribution in [3.63, 3.8) is 0 Å². The van der Waals surface area contributed by atoms with Gasteiger partial charge in [-0.2, -0.15) is 0 Å². The molecule has 110 valence electrons. The lowest BCUT2D eigenvalue weighted by atomic mass is 9.73. The van der Waals surface area contributed by atoms with E-state index in [1.807, 2.05) is 20.8 Å². The van der Waals surface area contributed by atoms with Crippen molar-refractivity contribution in [1.29, 1.82) is 0 Å². The highest BCUT2D eigenvalue weighted by Crippen LogP contribution is 2.34. The molecule has 0 aromatic rings. The molecule has 2 N–H and O–H groups in total. The van der Waals surface area contributed by atoms with Crippen LogP contribution in [-0.2, 0) is 4.74 Å². The Balaban J connectivity index is 1.65. The second-order valence-electron chi connectivity index (χ2n) is 7.27. The van der Waals surface area contributed by atoms with E-state index in [4.69, 9.17) is 4.74 Å². The Morgan fingerprint density at radius 2 is 1.95 bits per heavy atom. The summed E-state index contributed by atoms with van der Waals surface area (Å²) >= 11 is 0. The molecule has 0 aromatic heterocycles. The van der Waals surface area contributed by atoms with E-state index in [1.54, 1.807) is 0 Å². The average Bonchev–Trinajstić information content (AvgIpc) is 2.22. The Hall–Kier alpha value is -0.770. The molecule has 0 bridgehead atoms. The molecule has 1 amide bonds. The van der Waals surface area contributed by atoms with E-state index in [1.165, 1.54) is 12.8 Å². The summed E-state index contributed by atoms with van der Waals surface area (Å²) in [7, 11) is 0. The van der Waals surface area contributed by atoms with Crippen LogP contribution in [0.1, 0.15) is 53.4 Å². The van der Waals surface area contributed by atoms with E-state index in [-0.39, 0.29) is 6.09 Å². The topological polar surface area (TPSA) is 50.4 Å². The predicted octanol–water partition coefficient (Wildman–Crippen LogP) is 2.68. The van der Waals surface area contributed by atoms with E-state index in [9.17, 15) is 4.79 Å². The summed E-state index contributed by atoms with van der Waals surface area (Å²) in [6.45, 7) is 9.12. The molecule has 4 nitrogen and oxygen atoms in total. The monoisotopic (exact) mass is 268 g/mol. The van der Waals surface area contributed by atoms with Gasteiger partial charge in [-0.1, -0.05) is 6.92 Å². The molecular weight excluding hydrogens is 240 g/mol. The van der Waals surface area contributed by atoms with Gasteiger partial charge in [-0.15, -0.1) is 0 Å². The lowest BCUT2D eigenvalue weighted by Crippen LogP contribution is -2.53. The number of nitrogens with one attached hydrogen (secondary N) is 2. The van der Waals surface area contributed by atoms with Crippen molar-refractivity contribution in [2.24, 2.45) is 11.8 Å². The number of alkyl carbamates (subject to hydrolysis) is 1. The standard InChI is InChI=1S/C15H28N2O2/c1-10-5-6-13(16-9-10)11-7-12(8-11)17-14(18)19-15(2,3)4/h10-13,16H,5-9H2,1-4H3,(H,17,18). The molecule has 2 rings (SSSR count). The van der Waals surface area contributed by atoms with Crippen LogP contribution in [0.5, 0.6) is 0 Å². The fraction of sp³-hybridized carbons (Fsp3) is 0.933. The number of hydrogen-bond acceptors (Lipinski definition) is 3. The molecule has 1 aliphatic carbocycles. The molecule has 2 atom stereocenters. The number of piperidine rings is 1. The third-order valence-corrected chi connectivity index (χ3v) is 4.16. The second kappa shape index (κ2) is 5.70. The lowest BCUT2D eigenvalue weighted by molar-refractivity contribution is 0.0425. The first kappa shape index (κ1) is 14.6. The van der Waals surface area contributed by atoms with Gasteiger partial charge in [-0.25, -0.2) is 4.79 Å². The van der Waals surface area contributed by atoms with Crippen LogP contribution < -0.4 is 10.6 Å². The molecule has 1 saturated heterocycles. The molecule has 0 aromatic carbocycles. The predicted molar refractivity (Wildman–Crippen MR) is 76.1 cm³/mol. The van der Waals surface area contributed by atoms with Crippen molar-refractivity contribution in [3.8, 4) is 0 Å². The zero-order valence-corrected chi connectivity index (χ0v) is 12.7. The minimum atomic E-state index is -0.408. The van der Waals surface area contributed by atoms with Gasteiger partial charge in [0.1, 0.15) is 5.60 Å². The fourth-order valence-electron chi connectivity index (χ4n) is 3.01. The second-order valence-corrected chi connectivity index (χ2v) is 7.27. The van der Waals surface area contributed by atoms with Crippen molar-refractivity contribution in [2.75, 3.05) is 6.54 Å².